The largest absolute Gasteiger partial charge is 0.497 e. The lowest BCUT2D eigenvalue weighted by molar-refractivity contribution is 0.343. The van der Waals surface area contributed by atoms with E-state index in [1.54, 1.807) is 36.5 Å². The highest BCUT2D eigenvalue weighted by Gasteiger charge is 2.19. The predicted octanol–water partition coefficient (Wildman–Crippen LogP) is 4.07. The van der Waals surface area contributed by atoms with Crippen molar-refractivity contribution < 1.29 is 17.6 Å². The number of hydrogen-bond donors (Lipinski definition) is 3. The minimum Gasteiger partial charge on any atom is -0.497 e. The number of pyridine rings is 1. The first kappa shape index (κ1) is 24.9. The quantitative estimate of drug-likeness (QED) is 0.275. The molecule has 4 heterocycles. The van der Waals surface area contributed by atoms with Crippen LogP contribution in [-0.2, 0) is 10.0 Å². The van der Waals surface area contributed by atoms with Crippen LogP contribution < -0.4 is 20.5 Å². The Hall–Kier alpha value is -4.42. The van der Waals surface area contributed by atoms with E-state index in [-0.39, 0.29) is 16.6 Å². The van der Waals surface area contributed by atoms with Gasteiger partial charge in [0.25, 0.3) is 10.0 Å². The summed E-state index contributed by atoms with van der Waals surface area (Å²) in [4.78, 5) is 9.03. The summed E-state index contributed by atoms with van der Waals surface area (Å²) in [6.07, 6.45) is 5.75. The van der Waals surface area contributed by atoms with Gasteiger partial charge in [-0.25, -0.2) is 18.4 Å². The minimum absolute atomic E-state index is 0.111. The number of hydrogen-bond acceptors (Lipinski definition) is 9. The molecule has 0 radical (unpaired) electrons. The van der Waals surface area contributed by atoms with Gasteiger partial charge in [0.2, 0.25) is 5.89 Å². The second-order valence-electron chi connectivity index (χ2n) is 9.30. The molecule has 12 heteroatoms. The third-order valence-electron chi connectivity index (χ3n) is 6.75. The molecule has 1 saturated heterocycles. The maximum absolute atomic E-state index is 12.8. The fourth-order valence-corrected chi connectivity index (χ4v) is 5.68. The molecule has 200 valence electrons. The zero-order chi connectivity index (χ0) is 27.0. The molecular weight excluding hydrogens is 518 g/mol. The van der Waals surface area contributed by atoms with E-state index in [9.17, 15) is 8.42 Å². The first-order chi connectivity index (χ1) is 18.9. The summed E-state index contributed by atoms with van der Waals surface area (Å²) < 4.78 is 41.4. The molecule has 0 aliphatic carbocycles. The van der Waals surface area contributed by atoms with E-state index >= 15 is 0 Å². The van der Waals surface area contributed by atoms with Gasteiger partial charge in [-0.15, -0.1) is 0 Å². The van der Waals surface area contributed by atoms with Crippen molar-refractivity contribution in [3.63, 3.8) is 0 Å². The molecule has 0 atom stereocenters. The number of ether oxygens (including phenoxy) is 1. The molecule has 0 saturated carbocycles. The molecule has 4 N–H and O–H groups in total. The first-order valence-electron chi connectivity index (χ1n) is 12.5. The first-order valence-corrected chi connectivity index (χ1v) is 14.0. The van der Waals surface area contributed by atoms with Gasteiger partial charge in [-0.1, -0.05) is 0 Å². The van der Waals surface area contributed by atoms with E-state index in [1.807, 2.05) is 23.0 Å². The molecule has 6 rings (SSSR count). The SMILES string of the molecule is COc1ccc(S(=O)(=O)Nc2ccc3nc(-c4cc(-c5ccn(C6CCNCC6)n5)cnc4N)oc3c2)cc1. The number of methoxy groups -OCH3 is 1. The van der Waals surface area contributed by atoms with Gasteiger partial charge in [-0.05, 0) is 74.5 Å². The third-order valence-corrected chi connectivity index (χ3v) is 8.14. The van der Waals surface area contributed by atoms with Crippen molar-refractivity contribution in [2.24, 2.45) is 0 Å². The maximum Gasteiger partial charge on any atom is 0.261 e. The van der Waals surface area contributed by atoms with Gasteiger partial charge >= 0.3 is 0 Å². The van der Waals surface area contributed by atoms with E-state index in [4.69, 9.17) is 20.0 Å². The fraction of sp³-hybridized carbons (Fsp3) is 0.222. The second kappa shape index (κ2) is 10.0. The molecule has 0 unspecified atom stereocenters. The monoisotopic (exact) mass is 545 g/mol. The normalized spacial score (nSPS) is 14.5. The van der Waals surface area contributed by atoms with E-state index in [0.29, 0.717) is 34.1 Å². The van der Waals surface area contributed by atoms with E-state index < -0.39 is 10.0 Å². The summed E-state index contributed by atoms with van der Waals surface area (Å²) in [7, 11) is -2.29. The molecule has 0 spiro atoms. The van der Waals surface area contributed by atoms with Crippen LogP contribution in [0.3, 0.4) is 0 Å². The molecule has 1 fully saturated rings. The van der Waals surface area contributed by atoms with Crippen molar-refractivity contribution in [1.82, 2.24) is 25.1 Å². The number of benzene rings is 2. The summed E-state index contributed by atoms with van der Waals surface area (Å²) in [6, 6.07) is 15.2. The Morgan fingerprint density at radius 1 is 1.10 bits per heavy atom. The number of anilines is 2. The smallest absolute Gasteiger partial charge is 0.261 e. The molecule has 2 aromatic carbocycles. The zero-order valence-corrected chi connectivity index (χ0v) is 22.0. The summed E-state index contributed by atoms with van der Waals surface area (Å²) in [5.74, 6) is 1.12. The van der Waals surface area contributed by atoms with Gasteiger partial charge in [0.15, 0.2) is 5.58 Å². The van der Waals surface area contributed by atoms with Crippen molar-refractivity contribution in [2.45, 2.75) is 23.8 Å². The van der Waals surface area contributed by atoms with Crippen LogP contribution in [-0.4, -0.2) is 48.4 Å². The number of rotatable bonds is 7. The van der Waals surface area contributed by atoms with Gasteiger partial charge in [-0.2, -0.15) is 5.10 Å². The number of aromatic nitrogens is 4. The zero-order valence-electron chi connectivity index (χ0n) is 21.2. The Morgan fingerprint density at radius 2 is 1.90 bits per heavy atom. The Balaban J connectivity index is 1.27. The lowest BCUT2D eigenvalue weighted by Crippen LogP contribution is -2.29. The number of fused-ring (bicyclic) bond motifs is 1. The molecule has 3 aromatic heterocycles. The summed E-state index contributed by atoms with van der Waals surface area (Å²) in [6.45, 7) is 1.96. The Labute approximate surface area is 225 Å². The van der Waals surface area contributed by atoms with Gasteiger partial charge in [0.1, 0.15) is 17.1 Å². The average molecular weight is 546 g/mol. The van der Waals surface area contributed by atoms with E-state index in [2.05, 4.69) is 20.0 Å². The molecule has 11 nitrogen and oxygen atoms in total. The van der Waals surface area contributed by atoms with Crippen LogP contribution in [0.25, 0.3) is 33.8 Å². The van der Waals surface area contributed by atoms with E-state index in [1.165, 1.54) is 19.2 Å². The highest BCUT2D eigenvalue weighted by molar-refractivity contribution is 7.92. The van der Waals surface area contributed by atoms with Crippen molar-refractivity contribution in [2.75, 3.05) is 30.7 Å². The molecule has 0 amide bonds. The molecule has 0 bridgehead atoms. The summed E-state index contributed by atoms with van der Waals surface area (Å²) in [5, 5.41) is 8.15. The van der Waals surface area contributed by atoms with Crippen molar-refractivity contribution in [3.05, 3.63) is 67.0 Å². The highest BCUT2D eigenvalue weighted by atomic mass is 32.2. The molecule has 5 aromatic rings. The van der Waals surface area contributed by atoms with Crippen LogP contribution in [0, 0.1) is 0 Å². The standard InChI is InChI=1S/C27H27N7O4S/c1-37-20-3-5-21(6-4-20)39(35,36)33-18-2-7-24-25(15-18)38-27(31-24)22-14-17(16-30-26(22)28)23-10-13-34(32-23)19-8-11-29-12-9-19/h2-7,10,13-16,19,29,33H,8-9,11-12H2,1H3,(H2,28,30). The maximum atomic E-state index is 12.8. The molecular formula is C27H27N7O4S. The van der Waals surface area contributed by atoms with Crippen molar-refractivity contribution in [1.29, 1.82) is 0 Å². The van der Waals surface area contributed by atoms with E-state index in [0.717, 1.165) is 37.2 Å². The number of nitrogens with one attached hydrogen (secondary N) is 2. The lowest BCUT2D eigenvalue weighted by Gasteiger charge is -2.22. The lowest BCUT2D eigenvalue weighted by atomic mass is 10.1. The van der Waals surface area contributed by atoms with Crippen LogP contribution in [0.5, 0.6) is 5.75 Å². The molecule has 1 aliphatic heterocycles. The van der Waals surface area contributed by atoms with Crippen molar-refractivity contribution >= 4 is 32.6 Å². The Kier molecular flexibility index (Phi) is 6.41. The summed E-state index contributed by atoms with van der Waals surface area (Å²) in [5.41, 5.74) is 9.60. The van der Waals surface area contributed by atoms with Gasteiger partial charge < -0.3 is 20.2 Å². The molecule has 39 heavy (non-hydrogen) atoms. The van der Waals surface area contributed by atoms with Crippen molar-refractivity contribution in [3.8, 4) is 28.5 Å². The number of sulfonamides is 1. The topological polar surface area (TPSA) is 150 Å². The number of nitrogens with zero attached hydrogens (tertiary/aromatic N) is 4. The molecule has 1 aliphatic rings. The number of nitrogen functional groups attached to an aromatic ring is 1. The number of nitrogens with two attached hydrogens (primary N) is 1. The average Bonchev–Trinajstić information content (AvgIpc) is 3.61. The fourth-order valence-electron chi connectivity index (χ4n) is 4.63. The van der Waals surface area contributed by atoms with Gasteiger partial charge in [0.05, 0.1) is 35.0 Å². The number of oxazole rings is 1. The number of piperidine rings is 1. The highest BCUT2D eigenvalue weighted by Crippen LogP contribution is 2.32. The van der Waals surface area contributed by atoms with Crippen LogP contribution in [0.2, 0.25) is 0 Å². The van der Waals surface area contributed by atoms with Gasteiger partial charge in [-0.3, -0.25) is 9.40 Å². The summed E-state index contributed by atoms with van der Waals surface area (Å²) >= 11 is 0. The van der Waals surface area contributed by atoms with Crippen LogP contribution in [0.4, 0.5) is 11.5 Å². The predicted molar refractivity (Wildman–Crippen MR) is 148 cm³/mol. The second-order valence-corrected chi connectivity index (χ2v) is 11.0. The third kappa shape index (κ3) is 5.03. The minimum atomic E-state index is -3.81. The van der Waals surface area contributed by atoms with Crippen LogP contribution in [0.15, 0.2) is 76.3 Å². The van der Waals surface area contributed by atoms with Gasteiger partial charge in [0, 0.05) is 24.0 Å². The van der Waals surface area contributed by atoms with Crippen LogP contribution >= 0.6 is 0 Å². The Bertz CT molecular complexity index is 1740. The van der Waals surface area contributed by atoms with Crippen LogP contribution in [0.1, 0.15) is 18.9 Å². The Morgan fingerprint density at radius 3 is 2.67 bits per heavy atom.